The monoisotopic (exact) mass is 617 g/mol. The Hall–Kier alpha value is -3.91. The number of aromatic nitrogens is 3. The summed E-state index contributed by atoms with van der Waals surface area (Å²) in [6.07, 6.45) is 5.06. The van der Waals surface area contributed by atoms with Crippen LogP contribution < -0.4 is 18.9 Å². The van der Waals surface area contributed by atoms with E-state index in [0.29, 0.717) is 30.4 Å². The van der Waals surface area contributed by atoms with Crippen molar-refractivity contribution in [3.05, 3.63) is 65.5 Å². The first kappa shape index (κ1) is 30.5. The summed E-state index contributed by atoms with van der Waals surface area (Å²) in [5.74, 6) is -3.51. The fourth-order valence-corrected chi connectivity index (χ4v) is 5.34. The number of carbonyl (C=O) groups excluding carboxylic acids is 1. The Morgan fingerprint density at radius 2 is 1.81 bits per heavy atom. The summed E-state index contributed by atoms with van der Waals surface area (Å²) in [5, 5.41) is 6.84. The maximum Gasteiger partial charge on any atom is 0.283 e. The van der Waals surface area contributed by atoms with Crippen LogP contribution >= 0.6 is 0 Å². The molecule has 3 heterocycles. The number of halogens is 2. The molecule has 1 saturated heterocycles. The van der Waals surface area contributed by atoms with E-state index >= 15 is 0 Å². The van der Waals surface area contributed by atoms with Gasteiger partial charge in [-0.3, -0.25) is 9.78 Å². The molecule has 2 fully saturated rings. The lowest BCUT2D eigenvalue weighted by molar-refractivity contribution is 0.0975. The second-order valence-electron chi connectivity index (χ2n) is 10.7. The van der Waals surface area contributed by atoms with Gasteiger partial charge in [-0.2, -0.15) is 12.8 Å². The third-order valence-electron chi connectivity index (χ3n) is 7.27. The number of hydrogen-bond donors (Lipinski definition) is 1. The number of sulfonamides is 1. The van der Waals surface area contributed by atoms with E-state index in [0.717, 1.165) is 57.0 Å². The third-order valence-corrected chi connectivity index (χ3v) is 8.50. The summed E-state index contributed by atoms with van der Waals surface area (Å²) in [6.45, 7) is 4.15. The van der Waals surface area contributed by atoms with Gasteiger partial charge in [0.1, 0.15) is 18.0 Å². The van der Waals surface area contributed by atoms with Gasteiger partial charge in [0, 0.05) is 19.2 Å². The fraction of sp³-hybridized carbons (Fsp3) is 0.448. The zero-order chi connectivity index (χ0) is 30.6. The number of piperidine rings is 1. The average Bonchev–Trinajstić information content (AvgIpc) is 3.83. The third kappa shape index (κ3) is 7.73. The van der Waals surface area contributed by atoms with Gasteiger partial charge in [0.05, 0.1) is 24.1 Å². The Bertz CT molecular complexity index is 1530. The zero-order valence-corrected chi connectivity index (χ0v) is 24.6. The van der Waals surface area contributed by atoms with Crippen LogP contribution in [0.3, 0.4) is 0 Å². The molecule has 1 saturated carbocycles. The minimum atomic E-state index is -4.55. The van der Waals surface area contributed by atoms with Gasteiger partial charge in [0.2, 0.25) is 11.7 Å². The minimum Gasteiger partial charge on any atom is -0.492 e. The van der Waals surface area contributed by atoms with Crippen LogP contribution in [0.4, 0.5) is 8.78 Å². The average molecular weight is 618 g/mol. The van der Waals surface area contributed by atoms with Gasteiger partial charge >= 0.3 is 0 Å². The number of carbonyl (C=O) groups is 1. The summed E-state index contributed by atoms with van der Waals surface area (Å²) < 4.78 is 74.2. The van der Waals surface area contributed by atoms with Gasteiger partial charge < -0.3 is 19.1 Å². The van der Waals surface area contributed by atoms with Crippen molar-refractivity contribution in [1.82, 2.24) is 24.8 Å². The zero-order valence-electron chi connectivity index (χ0n) is 23.8. The maximum absolute atomic E-state index is 15.0. The van der Waals surface area contributed by atoms with Gasteiger partial charge in [-0.1, -0.05) is 6.92 Å². The molecule has 11 nitrogen and oxygen atoms in total. The van der Waals surface area contributed by atoms with Crippen molar-refractivity contribution in [3.63, 3.8) is 0 Å². The highest BCUT2D eigenvalue weighted by Crippen LogP contribution is 2.31. The lowest BCUT2D eigenvalue weighted by atomic mass is 10.1. The highest BCUT2D eigenvalue weighted by molar-refractivity contribution is 7.90. The summed E-state index contributed by atoms with van der Waals surface area (Å²) in [6, 6.07) is 7.87. The second-order valence-corrected chi connectivity index (χ2v) is 12.3. The molecular formula is C29H33F2N5O6S. The summed E-state index contributed by atoms with van der Waals surface area (Å²) in [7, 11) is -2.53. The number of ether oxygens (including phenoxy) is 3. The highest BCUT2D eigenvalue weighted by atomic mass is 32.2. The number of pyridine rings is 1. The molecule has 1 aliphatic carbocycles. The molecule has 3 aromatic rings. The molecule has 5 rings (SSSR count). The molecule has 1 atom stereocenters. The van der Waals surface area contributed by atoms with Gasteiger partial charge in [-0.15, -0.1) is 10.2 Å². The molecule has 230 valence electrons. The van der Waals surface area contributed by atoms with Gasteiger partial charge in [0.15, 0.2) is 16.6 Å². The van der Waals surface area contributed by atoms with Crippen molar-refractivity contribution in [2.45, 2.75) is 56.3 Å². The number of nitrogens with one attached hydrogen (secondary N) is 1. The Labute approximate surface area is 248 Å². The van der Waals surface area contributed by atoms with E-state index in [9.17, 15) is 22.0 Å². The van der Waals surface area contributed by atoms with Gasteiger partial charge in [-0.25, -0.2) is 9.11 Å². The molecule has 2 aliphatic rings. The normalized spacial score (nSPS) is 16.8. The van der Waals surface area contributed by atoms with Crippen LogP contribution in [-0.4, -0.2) is 67.3 Å². The van der Waals surface area contributed by atoms with E-state index in [2.05, 4.69) is 20.1 Å². The number of rotatable bonds is 12. The fourth-order valence-electron chi connectivity index (χ4n) is 4.49. The number of amides is 1. The molecule has 1 aromatic carbocycles. The van der Waals surface area contributed by atoms with Crippen LogP contribution in [0.5, 0.6) is 17.4 Å². The first-order valence-corrected chi connectivity index (χ1v) is 15.6. The molecule has 2 aromatic heterocycles. The van der Waals surface area contributed by atoms with Crippen molar-refractivity contribution in [2.24, 2.45) is 5.92 Å². The van der Waals surface area contributed by atoms with Crippen LogP contribution in [0.2, 0.25) is 0 Å². The molecular weight excluding hydrogens is 584 g/mol. The molecule has 0 radical (unpaired) electrons. The van der Waals surface area contributed by atoms with Crippen molar-refractivity contribution in [3.8, 4) is 17.4 Å². The Morgan fingerprint density at radius 3 is 2.44 bits per heavy atom. The smallest absolute Gasteiger partial charge is 0.283 e. The molecule has 43 heavy (non-hydrogen) atoms. The largest absolute Gasteiger partial charge is 0.492 e. The topological polar surface area (TPSA) is 133 Å². The van der Waals surface area contributed by atoms with Crippen molar-refractivity contribution < 1.29 is 36.2 Å². The maximum atomic E-state index is 15.0. The molecule has 1 aliphatic heterocycles. The van der Waals surface area contributed by atoms with E-state index in [1.54, 1.807) is 30.0 Å². The second kappa shape index (κ2) is 13.2. The van der Waals surface area contributed by atoms with E-state index in [1.165, 1.54) is 6.07 Å². The number of hydrogen-bond acceptors (Lipinski definition) is 10. The van der Waals surface area contributed by atoms with Crippen molar-refractivity contribution >= 4 is 15.9 Å². The van der Waals surface area contributed by atoms with Crippen LogP contribution in [0.25, 0.3) is 0 Å². The molecule has 14 heteroatoms. The van der Waals surface area contributed by atoms with Crippen molar-refractivity contribution in [1.29, 1.82) is 0 Å². The Kier molecular flexibility index (Phi) is 9.35. The predicted octanol–water partition coefficient (Wildman–Crippen LogP) is 4.06. The Balaban J connectivity index is 1.21. The first-order chi connectivity index (χ1) is 20.6. The summed E-state index contributed by atoms with van der Waals surface area (Å²) in [5.41, 5.74) is -0.343. The highest BCUT2D eigenvalue weighted by Gasteiger charge is 2.27. The van der Waals surface area contributed by atoms with E-state index in [4.69, 9.17) is 14.2 Å². The van der Waals surface area contributed by atoms with E-state index in [-0.39, 0.29) is 12.0 Å². The lowest BCUT2D eigenvalue weighted by Crippen LogP contribution is -2.36. The minimum absolute atomic E-state index is 0.0712. The van der Waals surface area contributed by atoms with Crippen LogP contribution in [0.1, 0.15) is 61.2 Å². The lowest BCUT2D eigenvalue weighted by Gasteiger charge is -2.28. The molecule has 1 amide bonds. The van der Waals surface area contributed by atoms with Gasteiger partial charge in [0.25, 0.3) is 15.9 Å². The van der Waals surface area contributed by atoms with Gasteiger partial charge in [-0.05, 0) is 75.4 Å². The molecule has 0 spiro atoms. The number of likely N-dealkylation sites (tertiary alicyclic amines) is 1. The SMILES string of the molecule is CC[C@@H](Oc1ccc(C(=O)NS(=O)(=O)c2ccc(OC3CCN(C)CC3)nn2)c(F)c1F)c1ccc(OCC2CC2)cn1. The predicted molar refractivity (Wildman–Crippen MR) is 150 cm³/mol. The standard InChI is InChI=1S/C29H33F2N5O6S/c1-3-23(22-8-6-20(16-32-22)40-17-18-4-5-18)42-24-9-7-21(27(30)28(24)31)29(37)35-43(38,39)26-11-10-25(33-34-26)41-19-12-14-36(2)15-13-19/h6-11,16,18-19,23H,3-5,12-15,17H2,1-2H3,(H,35,37)/t23-/m1/s1. The summed E-state index contributed by atoms with van der Waals surface area (Å²) in [4.78, 5) is 19.2. The molecule has 0 unspecified atom stereocenters. The first-order valence-electron chi connectivity index (χ1n) is 14.1. The molecule has 0 bridgehead atoms. The number of nitrogens with zero attached hydrogens (tertiary/aromatic N) is 4. The summed E-state index contributed by atoms with van der Waals surface area (Å²) >= 11 is 0. The van der Waals surface area contributed by atoms with Crippen molar-refractivity contribution in [2.75, 3.05) is 26.7 Å². The Morgan fingerprint density at radius 1 is 1.05 bits per heavy atom. The van der Waals surface area contributed by atoms with E-state index in [1.807, 2.05) is 7.05 Å². The molecule has 1 N–H and O–H groups in total. The van der Waals surface area contributed by atoms with E-state index < -0.39 is 50.0 Å². The van der Waals surface area contributed by atoms with Crippen LogP contribution in [-0.2, 0) is 10.0 Å². The van der Waals surface area contributed by atoms with Crippen LogP contribution in [0.15, 0.2) is 47.6 Å². The quantitative estimate of drug-likeness (QED) is 0.317. The number of benzene rings is 1. The van der Waals surface area contributed by atoms with Crippen LogP contribution in [0, 0.1) is 17.6 Å².